The minimum Gasteiger partial charge on any atom is -0.326 e. The van der Waals surface area contributed by atoms with Crippen molar-refractivity contribution in [3.63, 3.8) is 0 Å². The number of halogens is 1. The van der Waals surface area contributed by atoms with Crippen LogP contribution in [0.3, 0.4) is 0 Å². The van der Waals surface area contributed by atoms with Crippen LogP contribution < -0.4 is 10.9 Å². The molecule has 0 radical (unpaired) electrons. The summed E-state index contributed by atoms with van der Waals surface area (Å²) >= 11 is 1.38. The average molecular weight is 319 g/mol. The first-order chi connectivity index (χ1) is 10.5. The fraction of sp³-hybridized carbons (Fsp3) is 0.267. The van der Waals surface area contributed by atoms with Crippen LogP contribution in [0.25, 0.3) is 0 Å². The van der Waals surface area contributed by atoms with Crippen molar-refractivity contribution in [2.75, 3.05) is 11.1 Å². The standard InChI is InChI=1S/C15H14FN3O2S/c1-9-6-17-15-19(14(9)21)7-10(8-22-15)13(20)18-12-4-2-3-11(16)5-12/h2-6,10H,7-8H2,1H3,(H,18,20). The number of hydrogen-bond donors (Lipinski definition) is 1. The second kappa shape index (κ2) is 5.92. The first-order valence-corrected chi connectivity index (χ1v) is 7.79. The highest BCUT2D eigenvalue weighted by atomic mass is 32.2. The van der Waals surface area contributed by atoms with Gasteiger partial charge in [-0.1, -0.05) is 17.8 Å². The molecule has 0 bridgehead atoms. The van der Waals surface area contributed by atoms with Crippen molar-refractivity contribution in [2.24, 2.45) is 5.92 Å². The molecule has 0 saturated heterocycles. The van der Waals surface area contributed by atoms with Crippen molar-refractivity contribution in [1.29, 1.82) is 0 Å². The molecule has 114 valence electrons. The van der Waals surface area contributed by atoms with Crippen LogP contribution in [0.2, 0.25) is 0 Å². The molecule has 1 aliphatic rings. The predicted molar refractivity (Wildman–Crippen MR) is 82.5 cm³/mol. The van der Waals surface area contributed by atoms with Crippen molar-refractivity contribution < 1.29 is 9.18 Å². The summed E-state index contributed by atoms with van der Waals surface area (Å²) in [7, 11) is 0. The summed E-state index contributed by atoms with van der Waals surface area (Å²) in [5, 5.41) is 3.32. The molecule has 5 nitrogen and oxygen atoms in total. The third-order valence-electron chi connectivity index (χ3n) is 3.46. The van der Waals surface area contributed by atoms with E-state index < -0.39 is 5.82 Å². The van der Waals surface area contributed by atoms with E-state index in [4.69, 9.17) is 0 Å². The van der Waals surface area contributed by atoms with Crippen LogP contribution in [0.1, 0.15) is 5.56 Å². The van der Waals surface area contributed by atoms with Crippen molar-refractivity contribution in [2.45, 2.75) is 18.6 Å². The Morgan fingerprint density at radius 1 is 1.50 bits per heavy atom. The molecule has 1 aliphatic heterocycles. The molecule has 0 fully saturated rings. The fourth-order valence-corrected chi connectivity index (χ4v) is 3.32. The number of thioether (sulfide) groups is 1. The molecule has 1 N–H and O–H groups in total. The zero-order chi connectivity index (χ0) is 15.7. The monoisotopic (exact) mass is 319 g/mol. The normalized spacial score (nSPS) is 16.9. The third kappa shape index (κ3) is 2.89. The maximum atomic E-state index is 13.1. The van der Waals surface area contributed by atoms with Gasteiger partial charge >= 0.3 is 0 Å². The van der Waals surface area contributed by atoms with Crippen molar-refractivity contribution in [3.8, 4) is 0 Å². The molecule has 0 aliphatic carbocycles. The average Bonchev–Trinajstić information content (AvgIpc) is 2.51. The molecule has 1 aromatic heterocycles. The zero-order valence-corrected chi connectivity index (χ0v) is 12.7. The first kappa shape index (κ1) is 14.8. The number of carbonyl (C=O) groups is 1. The number of carbonyl (C=O) groups excluding carboxylic acids is 1. The van der Waals surface area contributed by atoms with Crippen molar-refractivity contribution >= 4 is 23.4 Å². The van der Waals surface area contributed by atoms with Gasteiger partial charge in [0.05, 0.1) is 5.92 Å². The number of fused-ring (bicyclic) bond motifs is 1. The van der Waals surface area contributed by atoms with E-state index in [1.807, 2.05) is 0 Å². The Morgan fingerprint density at radius 3 is 3.09 bits per heavy atom. The van der Waals surface area contributed by atoms with Crippen LogP contribution in [0.4, 0.5) is 10.1 Å². The molecule has 0 spiro atoms. The molecule has 1 amide bonds. The Morgan fingerprint density at radius 2 is 2.32 bits per heavy atom. The van der Waals surface area contributed by atoms with E-state index in [-0.39, 0.29) is 23.9 Å². The number of nitrogens with one attached hydrogen (secondary N) is 1. The van der Waals surface area contributed by atoms with Gasteiger partial charge < -0.3 is 5.32 Å². The lowest BCUT2D eigenvalue weighted by Crippen LogP contribution is -2.37. The molecule has 1 unspecified atom stereocenters. The highest BCUT2D eigenvalue weighted by Crippen LogP contribution is 2.25. The van der Waals surface area contributed by atoms with Gasteiger partial charge in [-0.25, -0.2) is 9.37 Å². The Kier molecular flexibility index (Phi) is 3.98. The van der Waals surface area contributed by atoms with Crippen LogP contribution >= 0.6 is 11.8 Å². The summed E-state index contributed by atoms with van der Waals surface area (Å²) in [4.78, 5) is 28.6. The van der Waals surface area contributed by atoms with Gasteiger partial charge in [0.25, 0.3) is 5.56 Å². The molecule has 7 heteroatoms. The van der Waals surface area contributed by atoms with Gasteiger partial charge in [-0.05, 0) is 25.1 Å². The first-order valence-electron chi connectivity index (χ1n) is 6.80. The van der Waals surface area contributed by atoms with Gasteiger partial charge in [0.1, 0.15) is 5.82 Å². The summed E-state index contributed by atoms with van der Waals surface area (Å²) in [6.45, 7) is 1.99. The number of aromatic nitrogens is 2. The summed E-state index contributed by atoms with van der Waals surface area (Å²) < 4.78 is 14.7. The summed E-state index contributed by atoms with van der Waals surface area (Å²) in [5.74, 6) is -0.451. The van der Waals surface area contributed by atoms with E-state index in [1.54, 1.807) is 19.2 Å². The number of benzene rings is 1. The molecule has 1 atom stereocenters. The van der Waals surface area contributed by atoms with E-state index >= 15 is 0 Å². The van der Waals surface area contributed by atoms with Gasteiger partial charge in [-0.15, -0.1) is 0 Å². The maximum Gasteiger partial charge on any atom is 0.257 e. The minimum absolute atomic E-state index is 0.124. The molecular weight excluding hydrogens is 305 g/mol. The van der Waals surface area contributed by atoms with Crippen LogP contribution in [-0.4, -0.2) is 21.2 Å². The number of aryl methyl sites for hydroxylation is 1. The highest BCUT2D eigenvalue weighted by molar-refractivity contribution is 7.99. The van der Waals surface area contributed by atoms with Gasteiger partial charge in [0, 0.05) is 29.7 Å². The van der Waals surface area contributed by atoms with Gasteiger partial charge in [-0.3, -0.25) is 14.2 Å². The van der Waals surface area contributed by atoms with Crippen molar-refractivity contribution in [1.82, 2.24) is 9.55 Å². The number of hydrogen-bond acceptors (Lipinski definition) is 4. The Labute approximate surface area is 130 Å². The highest BCUT2D eigenvalue weighted by Gasteiger charge is 2.27. The number of nitrogens with zero attached hydrogens (tertiary/aromatic N) is 2. The van der Waals surface area contributed by atoms with Gasteiger partial charge in [0.15, 0.2) is 5.16 Å². The zero-order valence-electron chi connectivity index (χ0n) is 11.9. The lowest BCUT2D eigenvalue weighted by molar-refractivity contribution is -0.119. The van der Waals surface area contributed by atoms with Crippen molar-refractivity contribution in [3.05, 3.63) is 52.2 Å². The number of anilines is 1. The summed E-state index contributed by atoms with van der Waals surface area (Å²) in [6.07, 6.45) is 1.55. The molecule has 2 aromatic rings. The predicted octanol–water partition coefficient (Wildman–Crippen LogP) is 2.05. The molecule has 2 heterocycles. The largest absolute Gasteiger partial charge is 0.326 e. The molecule has 22 heavy (non-hydrogen) atoms. The molecule has 1 aromatic carbocycles. The Hall–Kier alpha value is -2.15. The van der Waals surface area contributed by atoms with Gasteiger partial charge in [0.2, 0.25) is 5.91 Å². The van der Waals surface area contributed by atoms with Gasteiger partial charge in [-0.2, -0.15) is 0 Å². The van der Waals surface area contributed by atoms with Crippen LogP contribution in [0, 0.1) is 18.7 Å². The second-order valence-electron chi connectivity index (χ2n) is 5.15. The second-order valence-corrected chi connectivity index (χ2v) is 6.13. The van der Waals surface area contributed by atoms with E-state index in [0.717, 1.165) is 0 Å². The maximum absolute atomic E-state index is 13.1. The number of amides is 1. The van der Waals surface area contributed by atoms with E-state index in [0.29, 0.717) is 22.2 Å². The lowest BCUT2D eigenvalue weighted by Gasteiger charge is -2.24. The van der Waals surface area contributed by atoms with E-state index in [2.05, 4.69) is 10.3 Å². The molecule has 0 saturated carbocycles. The minimum atomic E-state index is -0.405. The quantitative estimate of drug-likeness (QED) is 0.861. The molecule has 3 rings (SSSR count). The molecular formula is C15H14FN3O2S. The number of rotatable bonds is 2. The van der Waals surface area contributed by atoms with E-state index in [9.17, 15) is 14.0 Å². The fourth-order valence-electron chi connectivity index (χ4n) is 2.27. The van der Waals surface area contributed by atoms with Crippen LogP contribution in [0.15, 0.2) is 40.4 Å². The SMILES string of the molecule is Cc1cnc2n(c1=O)CC(C(=O)Nc1cccc(F)c1)CS2. The van der Waals surface area contributed by atoms with Crippen LogP contribution in [-0.2, 0) is 11.3 Å². The third-order valence-corrected chi connectivity index (χ3v) is 4.61. The summed E-state index contributed by atoms with van der Waals surface area (Å²) in [5.41, 5.74) is 0.840. The smallest absolute Gasteiger partial charge is 0.257 e. The Balaban J connectivity index is 1.78. The van der Waals surface area contributed by atoms with Crippen LogP contribution in [0.5, 0.6) is 0 Å². The Bertz CT molecular complexity index is 791. The lowest BCUT2D eigenvalue weighted by atomic mass is 10.1. The van der Waals surface area contributed by atoms with E-state index in [1.165, 1.54) is 34.5 Å². The topological polar surface area (TPSA) is 64.0 Å². The summed E-state index contributed by atoms with van der Waals surface area (Å²) in [6, 6.07) is 5.74.